The second-order valence-corrected chi connectivity index (χ2v) is 4.64. The van der Waals surface area contributed by atoms with Crippen molar-refractivity contribution < 1.29 is 9.90 Å². The molecule has 4 nitrogen and oxygen atoms in total. The van der Waals surface area contributed by atoms with Crippen molar-refractivity contribution in [3.63, 3.8) is 0 Å². The lowest BCUT2D eigenvalue weighted by Crippen LogP contribution is -2.48. The zero-order valence-corrected chi connectivity index (χ0v) is 10.7. The summed E-state index contributed by atoms with van der Waals surface area (Å²) in [5, 5.41) is 12.8. The van der Waals surface area contributed by atoms with E-state index in [0.717, 1.165) is 25.9 Å². The topological polar surface area (TPSA) is 52.6 Å². The van der Waals surface area contributed by atoms with Crippen LogP contribution in [0, 0.1) is 0 Å². The number of likely N-dealkylation sites (N-methyl/N-ethyl adjacent to an activating group) is 1. The van der Waals surface area contributed by atoms with Crippen LogP contribution in [-0.4, -0.2) is 41.6 Å². The van der Waals surface area contributed by atoms with E-state index in [4.69, 9.17) is 0 Å². The van der Waals surface area contributed by atoms with Crippen LogP contribution in [0.4, 0.5) is 0 Å². The summed E-state index contributed by atoms with van der Waals surface area (Å²) in [6, 6.07) is 6.83. The van der Waals surface area contributed by atoms with Crippen LogP contribution >= 0.6 is 0 Å². The Bertz CT molecular complexity index is 414. The van der Waals surface area contributed by atoms with Crippen LogP contribution < -0.4 is 5.32 Å². The number of piperidine rings is 1. The Labute approximate surface area is 108 Å². The number of phenols is 1. The molecule has 0 spiro atoms. The van der Waals surface area contributed by atoms with Crippen LogP contribution in [0.15, 0.2) is 24.3 Å². The minimum absolute atomic E-state index is 0.00194. The quantitative estimate of drug-likeness (QED) is 0.854. The molecule has 0 aromatic heterocycles. The molecule has 1 aliphatic rings. The van der Waals surface area contributed by atoms with Crippen molar-refractivity contribution in [2.45, 2.75) is 25.8 Å². The summed E-state index contributed by atoms with van der Waals surface area (Å²) in [7, 11) is 0. The Morgan fingerprint density at radius 1 is 1.56 bits per heavy atom. The molecule has 4 heteroatoms. The van der Waals surface area contributed by atoms with Gasteiger partial charge in [0.05, 0.1) is 0 Å². The monoisotopic (exact) mass is 248 g/mol. The van der Waals surface area contributed by atoms with Gasteiger partial charge in [0.1, 0.15) is 5.75 Å². The molecule has 1 fully saturated rings. The Morgan fingerprint density at radius 3 is 3.00 bits per heavy atom. The first kappa shape index (κ1) is 12.9. The van der Waals surface area contributed by atoms with E-state index in [2.05, 4.69) is 5.32 Å². The second kappa shape index (κ2) is 5.87. The Morgan fingerprint density at radius 2 is 2.39 bits per heavy atom. The van der Waals surface area contributed by atoms with E-state index in [1.165, 1.54) is 6.07 Å². The maximum absolute atomic E-state index is 12.4. The number of nitrogens with zero attached hydrogens (tertiary/aromatic N) is 1. The SMILES string of the molecule is CCN(C(=O)c1cccc(O)c1)C1CCCNC1. The molecule has 2 N–H and O–H groups in total. The molecule has 1 aliphatic heterocycles. The smallest absolute Gasteiger partial charge is 0.254 e. The first-order valence-corrected chi connectivity index (χ1v) is 6.53. The maximum atomic E-state index is 12.4. The molecule has 1 unspecified atom stereocenters. The minimum atomic E-state index is 0.00194. The van der Waals surface area contributed by atoms with Gasteiger partial charge >= 0.3 is 0 Å². The van der Waals surface area contributed by atoms with Crippen LogP contribution in [0.25, 0.3) is 0 Å². The van der Waals surface area contributed by atoms with Crippen LogP contribution in [0.2, 0.25) is 0 Å². The summed E-state index contributed by atoms with van der Waals surface area (Å²) in [5.41, 5.74) is 0.558. The zero-order chi connectivity index (χ0) is 13.0. The van der Waals surface area contributed by atoms with E-state index in [1.807, 2.05) is 11.8 Å². The Kier molecular flexibility index (Phi) is 4.20. The van der Waals surface area contributed by atoms with E-state index in [-0.39, 0.29) is 17.7 Å². The number of carbonyl (C=O) groups is 1. The van der Waals surface area contributed by atoms with Crippen molar-refractivity contribution in [1.29, 1.82) is 0 Å². The number of carbonyl (C=O) groups excluding carboxylic acids is 1. The van der Waals surface area contributed by atoms with Gasteiger partial charge in [0.15, 0.2) is 0 Å². The van der Waals surface area contributed by atoms with Crippen LogP contribution in [0.3, 0.4) is 0 Å². The number of hydrogen-bond donors (Lipinski definition) is 2. The van der Waals surface area contributed by atoms with E-state index in [9.17, 15) is 9.90 Å². The van der Waals surface area contributed by atoms with Gasteiger partial charge in [-0.15, -0.1) is 0 Å². The first-order chi connectivity index (χ1) is 8.72. The molecule has 0 saturated carbocycles. The zero-order valence-electron chi connectivity index (χ0n) is 10.7. The highest BCUT2D eigenvalue weighted by atomic mass is 16.3. The number of phenolic OH excluding ortho intramolecular Hbond substituents is 1. The van der Waals surface area contributed by atoms with Gasteiger partial charge in [0, 0.05) is 24.7 Å². The van der Waals surface area contributed by atoms with E-state index < -0.39 is 0 Å². The number of hydrogen-bond acceptors (Lipinski definition) is 3. The number of amides is 1. The molecule has 1 aromatic rings. The average molecular weight is 248 g/mol. The molecule has 18 heavy (non-hydrogen) atoms. The maximum Gasteiger partial charge on any atom is 0.254 e. The number of nitrogens with one attached hydrogen (secondary N) is 1. The molecule has 1 atom stereocenters. The summed E-state index contributed by atoms with van der Waals surface area (Å²) in [4.78, 5) is 14.3. The summed E-state index contributed by atoms with van der Waals surface area (Å²) in [6.07, 6.45) is 2.15. The average Bonchev–Trinajstić information content (AvgIpc) is 2.41. The third kappa shape index (κ3) is 2.82. The van der Waals surface area contributed by atoms with Crippen molar-refractivity contribution in [3.8, 4) is 5.75 Å². The highest BCUT2D eigenvalue weighted by Crippen LogP contribution is 2.17. The normalized spacial score (nSPS) is 19.5. The third-order valence-electron chi connectivity index (χ3n) is 3.41. The molecular formula is C14H20N2O2. The second-order valence-electron chi connectivity index (χ2n) is 4.64. The fourth-order valence-corrected chi connectivity index (χ4v) is 2.47. The van der Waals surface area contributed by atoms with Gasteiger partial charge in [0.25, 0.3) is 5.91 Å². The van der Waals surface area contributed by atoms with Crippen molar-refractivity contribution in [2.24, 2.45) is 0 Å². The van der Waals surface area contributed by atoms with E-state index in [1.54, 1.807) is 18.2 Å². The molecule has 0 bridgehead atoms. The van der Waals surface area contributed by atoms with Crippen molar-refractivity contribution in [1.82, 2.24) is 10.2 Å². The number of benzene rings is 1. The van der Waals surface area contributed by atoms with Crippen molar-refractivity contribution in [2.75, 3.05) is 19.6 Å². The van der Waals surface area contributed by atoms with Crippen LogP contribution in [0.5, 0.6) is 5.75 Å². The highest BCUT2D eigenvalue weighted by molar-refractivity contribution is 5.94. The minimum Gasteiger partial charge on any atom is -0.508 e. The van der Waals surface area contributed by atoms with Gasteiger partial charge in [-0.1, -0.05) is 6.07 Å². The predicted molar refractivity (Wildman–Crippen MR) is 70.7 cm³/mol. The first-order valence-electron chi connectivity index (χ1n) is 6.53. The van der Waals surface area contributed by atoms with E-state index in [0.29, 0.717) is 12.1 Å². The molecule has 1 heterocycles. The fraction of sp³-hybridized carbons (Fsp3) is 0.500. The van der Waals surface area contributed by atoms with E-state index >= 15 is 0 Å². The molecule has 1 saturated heterocycles. The molecule has 1 amide bonds. The highest BCUT2D eigenvalue weighted by Gasteiger charge is 2.24. The van der Waals surface area contributed by atoms with Gasteiger partial charge in [-0.2, -0.15) is 0 Å². The summed E-state index contributed by atoms with van der Waals surface area (Å²) >= 11 is 0. The largest absolute Gasteiger partial charge is 0.508 e. The summed E-state index contributed by atoms with van der Waals surface area (Å²) in [6.45, 7) is 4.59. The number of rotatable bonds is 3. The Balaban J connectivity index is 2.14. The van der Waals surface area contributed by atoms with Gasteiger partial charge in [-0.25, -0.2) is 0 Å². The standard InChI is InChI=1S/C14H20N2O2/c1-2-16(12-6-4-8-15-10-12)14(18)11-5-3-7-13(17)9-11/h3,5,7,9,12,15,17H,2,4,6,8,10H2,1H3. The summed E-state index contributed by atoms with van der Waals surface area (Å²) < 4.78 is 0. The van der Waals surface area contributed by atoms with Crippen LogP contribution in [0.1, 0.15) is 30.1 Å². The molecule has 1 aromatic carbocycles. The van der Waals surface area contributed by atoms with Gasteiger partial charge in [-0.3, -0.25) is 4.79 Å². The lowest BCUT2D eigenvalue weighted by molar-refractivity contribution is 0.0661. The van der Waals surface area contributed by atoms with Gasteiger partial charge in [-0.05, 0) is 44.5 Å². The van der Waals surface area contributed by atoms with Gasteiger partial charge in [0.2, 0.25) is 0 Å². The molecule has 0 aliphatic carbocycles. The molecular weight excluding hydrogens is 228 g/mol. The number of aromatic hydroxyl groups is 1. The molecule has 98 valence electrons. The predicted octanol–water partition coefficient (Wildman–Crippen LogP) is 1.61. The Hall–Kier alpha value is -1.55. The molecule has 2 rings (SSSR count). The summed E-state index contributed by atoms with van der Waals surface area (Å²) in [5.74, 6) is 0.140. The van der Waals surface area contributed by atoms with Crippen LogP contribution in [-0.2, 0) is 0 Å². The fourth-order valence-electron chi connectivity index (χ4n) is 2.47. The lowest BCUT2D eigenvalue weighted by Gasteiger charge is -2.34. The van der Waals surface area contributed by atoms with Crippen molar-refractivity contribution in [3.05, 3.63) is 29.8 Å². The molecule has 0 radical (unpaired) electrons. The van der Waals surface area contributed by atoms with Gasteiger partial charge < -0.3 is 15.3 Å². The third-order valence-corrected chi connectivity index (χ3v) is 3.41. The lowest BCUT2D eigenvalue weighted by atomic mass is 10.0. The van der Waals surface area contributed by atoms with Crippen molar-refractivity contribution >= 4 is 5.91 Å².